The first-order valence-electron chi connectivity index (χ1n) is 9.58. The van der Waals surface area contributed by atoms with E-state index in [1.807, 2.05) is 66.9 Å². The Hall–Kier alpha value is -3.44. The van der Waals surface area contributed by atoms with E-state index in [2.05, 4.69) is 22.4 Å². The third kappa shape index (κ3) is 3.52. The van der Waals surface area contributed by atoms with Crippen molar-refractivity contribution in [3.63, 3.8) is 0 Å². The molecular weight excluding hydrogens is 378 g/mol. The molecule has 29 heavy (non-hydrogen) atoms. The highest BCUT2D eigenvalue weighted by molar-refractivity contribution is 7.21. The molecule has 4 nitrogen and oxygen atoms in total. The molecule has 5 rings (SSSR count). The summed E-state index contributed by atoms with van der Waals surface area (Å²) in [5.74, 6) is 0.00356. The fourth-order valence-corrected chi connectivity index (χ4v) is 4.57. The van der Waals surface area contributed by atoms with Gasteiger partial charge in [-0.15, -0.1) is 11.3 Å². The fraction of sp³-hybridized carbons (Fsp3) is 0.0833. The van der Waals surface area contributed by atoms with Crippen LogP contribution in [0.4, 0.5) is 5.69 Å². The van der Waals surface area contributed by atoms with Crippen LogP contribution in [0.5, 0.6) is 0 Å². The van der Waals surface area contributed by atoms with Crippen LogP contribution in [0.25, 0.3) is 31.7 Å². The van der Waals surface area contributed by atoms with E-state index in [0.717, 1.165) is 37.6 Å². The lowest BCUT2D eigenvalue weighted by Crippen LogP contribution is -2.13. The molecule has 1 amide bonds. The van der Waals surface area contributed by atoms with Crippen LogP contribution in [0.3, 0.4) is 0 Å². The third-order valence-corrected chi connectivity index (χ3v) is 6.09. The second-order valence-corrected chi connectivity index (χ2v) is 7.97. The van der Waals surface area contributed by atoms with Gasteiger partial charge in [0, 0.05) is 29.1 Å². The molecule has 3 aromatic carbocycles. The van der Waals surface area contributed by atoms with Crippen molar-refractivity contribution in [2.24, 2.45) is 0 Å². The molecule has 142 valence electrons. The van der Waals surface area contributed by atoms with Crippen LogP contribution < -0.4 is 5.32 Å². The number of aromatic nitrogens is 2. The quantitative estimate of drug-likeness (QED) is 0.381. The standard InChI is InChI=1S/C24H19N3OS/c28-23(14-13-16-15-25-19-9-3-1-7-17(16)19)26-20-10-4-2-8-18(20)24-27-21-11-5-6-12-22(21)29-24/h1-12,15,25H,13-14H2,(H,26,28). The number of benzene rings is 3. The number of carbonyl (C=O) groups is 1. The van der Waals surface area contributed by atoms with Crippen molar-refractivity contribution in [1.82, 2.24) is 9.97 Å². The summed E-state index contributed by atoms with van der Waals surface area (Å²) < 4.78 is 1.14. The molecule has 5 heteroatoms. The van der Waals surface area contributed by atoms with Gasteiger partial charge in [0.2, 0.25) is 5.91 Å². The highest BCUT2D eigenvalue weighted by Gasteiger charge is 2.13. The number of carbonyl (C=O) groups excluding carboxylic acids is 1. The number of hydrogen-bond donors (Lipinski definition) is 2. The van der Waals surface area contributed by atoms with Gasteiger partial charge in [0.1, 0.15) is 5.01 Å². The van der Waals surface area contributed by atoms with Gasteiger partial charge < -0.3 is 10.3 Å². The number of para-hydroxylation sites is 3. The predicted molar refractivity (Wildman–Crippen MR) is 120 cm³/mol. The maximum atomic E-state index is 12.7. The monoisotopic (exact) mass is 397 g/mol. The third-order valence-electron chi connectivity index (χ3n) is 5.02. The molecule has 0 aliphatic rings. The van der Waals surface area contributed by atoms with Gasteiger partial charge in [-0.05, 0) is 42.3 Å². The summed E-state index contributed by atoms with van der Waals surface area (Å²) in [5, 5.41) is 5.17. The lowest BCUT2D eigenvalue weighted by molar-refractivity contribution is -0.116. The van der Waals surface area contributed by atoms with E-state index in [9.17, 15) is 4.79 Å². The Morgan fingerprint density at radius 3 is 2.69 bits per heavy atom. The Balaban J connectivity index is 1.34. The number of rotatable bonds is 5. The van der Waals surface area contributed by atoms with Crippen LogP contribution in [-0.4, -0.2) is 15.9 Å². The molecule has 0 unspecified atom stereocenters. The first-order valence-corrected chi connectivity index (χ1v) is 10.4. The molecule has 2 heterocycles. The number of amides is 1. The van der Waals surface area contributed by atoms with E-state index in [-0.39, 0.29) is 5.91 Å². The molecule has 0 bridgehead atoms. The number of aryl methyl sites for hydroxylation is 1. The molecule has 0 fully saturated rings. The molecule has 0 radical (unpaired) electrons. The van der Waals surface area contributed by atoms with Gasteiger partial charge in [-0.2, -0.15) is 0 Å². The SMILES string of the molecule is O=C(CCc1c[nH]c2ccccc12)Nc1ccccc1-c1nc2ccccc2s1. The molecule has 0 saturated carbocycles. The average Bonchev–Trinajstić information content (AvgIpc) is 3.37. The van der Waals surface area contributed by atoms with Gasteiger partial charge >= 0.3 is 0 Å². The lowest BCUT2D eigenvalue weighted by atomic mass is 10.1. The molecular formula is C24H19N3OS. The number of aromatic amines is 1. The second kappa shape index (κ2) is 7.53. The zero-order chi connectivity index (χ0) is 19.6. The Bertz CT molecular complexity index is 1280. The summed E-state index contributed by atoms with van der Waals surface area (Å²) in [5.41, 5.74) is 5.00. The Labute approximate surface area is 172 Å². The highest BCUT2D eigenvalue weighted by Crippen LogP contribution is 2.34. The number of H-pyrrole nitrogens is 1. The summed E-state index contributed by atoms with van der Waals surface area (Å²) in [6.45, 7) is 0. The lowest BCUT2D eigenvalue weighted by Gasteiger charge is -2.09. The van der Waals surface area contributed by atoms with Crippen molar-refractivity contribution in [1.29, 1.82) is 0 Å². The summed E-state index contributed by atoms with van der Waals surface area (Å²) >= 11 is 1.64. The highest BCUT2D eigenvalue weighted by atomic mass is 32.1. The van der Waals surface area contributed by atoms with Gasteiger partial charge in [0.25, 0.3) is 0 Å². The molecule has 0 spiro atoms. The molecule has 0 saturated heterocycles. The van der Waals surface area contributed by atoms with Gasteiger partial charge in [-0.3, -0.25) is 4.79 Å². The van der Waals surface area contributed by atoms with Crippen molar-refractivity contribution in [2.45, 2.75) is 12.8 Å². The minimum absolute atomic E-state index is 0.00356. The van der Waals surface area contributed by atoms with Crippen molar-refractivity contribution in [3.8, 4) is 10.6 Å². The molecule has 2 aromatic heterocycles. The normalized spacial score (nSPS) is 11.2. The Morgan fingerprint density at radius 1 is 0.966 bits per heavy atom. The van der Waals surface area contributed by atoms with Gasteiger partial charge in [0.15, 0.2) is 0 Å². The molecule has 5 aromatic rings. The molecule has 0 atom stereocenters. The smallest absolute Gasteiger partial charge is 0.224 e. The van der Waals surface area contributed by atoms with E-state index < -0.39 is 0 Å². The van der Waals surface area contributed by atoms with Crippen LogP contribution in [0, 0.1) is 0 Å². The summed E-state index contributed by atoms with van der Waals surface area (Å²) in [4.78, 5) is 20.7. The van der Waals surface area contributed by atoms with E-state index in [1.165, 1.54) is 5.39 Å². The van der Waals surface area contributed by atoms with Crippen molar-refractivity contribution >= 4 is 44.1 Å². The maximum Gasteiger partial charge on any atom is 0.224 e. The average molecular weight is 398 g/mol. The van der Waals surface area contributed by atoms with Crippen molar-refractivity contribution < 1.29 is 4.79 Å². The Kier molecular flexibility index (Phi) is 4.58. The van der Waals surface area contributed by atoms with Crippen molar-refractivity contribution in [2.75, 3.05) is 5.32 Å². The van der Waals surface area contributed by atoms with E-state index >= 15 is 0 Å². The minimum atomic E-state index is 0.00356. The van der Waals surface area contributed by atoms with Crippen LogP contribution >= 0.6 is 11.3 Å². The summed E-state index contributed by atoms with van der Waals surface area (Å²) in [6, 6.07) is 24.1. The number of hydrogen-bond acceptors (Lipinski definition) is 3. The Morgan fingerprint density at radius 2 is 1.76 bits per heavy atom. The number of nitrogens with one attached hydrogen (secondary N) is 2. The van der Waals surface area contributed by atoms with Gasteiger partial charge in [0.05, 0.1) is 15.9 Å². The number of anilines is 1. The number of thiazole rings is 1. The molecule has 0 aliphatic heterocycles. The van der Waals surface area contributed by atoms with E-state index in [0.29, 0.717) is 12.8 Å². The molecule has 2 N–H and O–H groups in total. The van der Waals surface area contributed by atoms with E-state index in [4.69, 9.17) is 4.98 Å². The van der Waals surface area contributed by atoms with Crippen molar-refractivity contribution in [3.05, 3.63) is 84.6 Å². The zero-order valence-corrected chi connectivity index (χ0v) is 16.5. The van der Waals surface area contributed by atoms with Crippen LogP contribution in [0.15, 0.2) is 79.0 Å². The maximum absolute atomic E-state index is 12.7. The van der Waals surface area contributed by atoms with E-state index in [1.54, 1.807) is 11.3 Å². The largest absolute Gasteiger partial charge is 0.361 e. The minimum Gasteiger partial charge on any atom is -0.361 e. The summed E-state index contributed by atoms with van der Waals surface area (Å²) in [7, 11) is 0. The fourth-order valence-electron chi connectivity index (χ4n) is 3.57. The van der Waals surface area contributed by atoms with Gasteiger partial charge in [-0.25, -0.2) is 4.98 Å². The predicted octanol–water partition coefficient (Wildman–Crippen LogP) is 6.02. The number of fused-ring (bicyclic) bond motifs is 2. The van der Waals surface area contributed by atoms with Gasteiger partial charge in [-0.1, -0.05) is 42.5 Å². The zero-order valence-electron chi connectivity index (χ0n) is 15.7. The van der Waals surface area contributed by atoms with Crippen LogP contribution in [0.1, 0.15) is 12.0 Å². The first kappa shape index (κ1) is 17.6. The topological polar surface area (TPSA) is 57.8 Å². The molecule has 0 aliphatic carbocycles. The van der Waals surface area contributed by atoms with Crippen LogP contribution in [0.2, 0.25) is 0 Å². The van der Waals surface area contributed by atoms with Crippen LogP contribution in [-0.2, 0) is 11.2 Å². The number of nitrogens with zero attached hydrogens (tertiary/aromatic N) is 1. The first-order chi connectivity index (χ1) is 14.3. The summed E-state index contributed by atoms with van der Waals surface area (Å²) in [6.07, 6.45) is 3.11. The second-order valence-electron chi connectivity index (χ2n) is 6.94.